The summed E-state index contributed by atoms with van der Waals surface area (Å²) in [6, 6.07) is 6.00. The summed E-state index contributed by atoms with van der Waals surface area (Å²) in [6.45, 7) is 4.61. The zero-order valence-electron chi connectivity index (χ0n) is 10.1. The van der Waals surface area contributed by atoms with Gasteiger partial charge in [0.15, 0.2) is 0 Å². The third-order valence-electron chi connectivity index (χ3n) is 3.02. The Balaban J connectivity index is 2.03. The highest BCUT2D eigenvalue weighted by atomic mass is 16.5. The van der Waals surface area contributed by atoms with Crippen molar-refractivity contribution in [2.75, 3.05) is 6.61 Å². The molecular formula is C13H17NO3. The maximum atomic E-state index is 10.9. The van der Waals surface area contributed by atoms with Crippen LogP contribution in [-0.2, 0) is 17.8 Å². The fourth-order valence-corrected chi connectivity index (χ4v) is 1.75. The minimum atomic E-state index is -0.907. The second-order valence-electron chi connectivity index (χ2n) is 4.82. The van der Waals surface area contributed by atoms with Gasteiger partial charge in [-0.05, 0) is 31.0 Å². The molecule has 0 aromatic heterocycles. The number of nitrogens with one attached hydrogen (secondary N) is 1. The molecule has 4 nitrogen and oxygen atoms in total. The van der Waals surface area contributed by atoms with E-state index in [1.165, 1.54) is 5.56 Å². The third-order valence-corrected chi connectivity index (χ3v) is 3.02. The molecule has 0 spiro atoms. The number of fused-ring (bicyclic) bond motifs is 1. The maximum Gasteiger partial charge on any atom is 0.323 e. The van der Waals surface area contributed by atoms with E-state index in [0.29, 0.717) is 6.54 Å². The summed E-state index contributed by atoms with van der Waals surface area (Å²) in [5, 5.41) is 12.0. The predicted octanol–water partition coefficient (Wildman–Crippen LogP) is 1.57. The number of benzene rings is 1. The summed E-state index contributed by atoms with van der Waals surface area (Å²) in [5.41, 5.74) is 1.39. The summed E-state index contributed by atoms with van der Waals surface area (Å²) < 4.78 is 5.42. The van der Waals surface area contributed by atoms with Gasteiger partial charge in [0.25, 0.3) is 0 Å². The molecule has 0 fully saturated rings. The highest BCUT2D eigenvalue weighted by Crippen LogP contribution is 2.25. The molecule has 92 valence electrons. The minimum absolute atomic E-state index is 0.548. The molecule has 0 amide bonds. The van der Waals surface area contributed by atoms with Gasteiger partial charge in [0.2, 0.25) is 0 Å². The topological polar surface area (TPSA) is 58.6 Å². The highest BCUT2D eigenvalue weighted by molar-refractivity contribution is 5.77. The molecule has 2 N–H and O–H groups in total. The highest BCUT2D eigenvalue weighted by Gasteiger charge is 2.26. The van der Waals surface area contributed by atoms with Crippen LogP contribution in [0.5, 0.6) is 5.75 Å². The van der Waals surface area contributed by atoms with Crippen LogP contribution in [0.3, 0.4) is 0 Å². The van der Waals surface area contributed by atoms with E-state index in [1.54, 1.807) is 13.8 Å². The van der Waals surface area contributed by atoms with Crippen LogP contribution in [0.25, 0.3) is 0 Å². The summed E-state index contributed by atoms with van der Waals surface area (Å²) in [6.07, 6.45) is 0.936. The van der Waals surface area contributed by atoms with Crippen LogP contribution in [0.4, 0.5) is 0 Å². The zero-order valence-corrected chi connectivity index (χ0v) is 10.1. The molecule has 2 rings (SSSR count). The third kappa shape index (κ3) is 2.58. The van der Waals surface area contributed by atoms with Crippen molar-refractivity contribution in [3.8, 4) is 5.75 Å². The molecule has 0 bridgehead atoms. The Kier molecular flexibility index (Phi) is 3.07. The first-order valence-corrected chi connectivity index (χ1v) is 5.72. The van der Waals surface area contributed by atoms with Crippen LogP contribution in [0.15, 0.2) is 18.2 Å². The van der Waals surface area contributed by atoms with Gasteiger partial charge in [0.1, 0.15) is 11.3 Å². The molecule has 1 heterocycles. The van der Waals surface area contributed by atoms with Crippen LogP contribution < -0.4 is 10.1 Å². The van der Waals surface area contributed by atoms with Crippen LogP contribution in [0, 0.1) is 0 Å². The summed E-state index contributed by atoms with van der Waals surface area (Å²) in [7, 11) is 0. The van der Waals surface area contributed by atoms with E-state index >= 15 is 0 Å². The number of carboxylic acid groups (broad SMARTS) is 1. The first kappa shape index (κ1) is 11.9. The Morgan fingerprint density at radius 2 is 2.29 bits per heavy atom. The average molecular weight is 235 g/mol. The van der Waals surface area contributed by atoms with Crippen molar-refractivity contribution in [1.82, 2.24) is 5.32 Å². The van der Waals surface area contributed by atoms with Crippen molar-refractivity contribution < 1.29 is 14.6 Å². The van der Waals surface area contributed by atoms with Crippen molar-refractivity contribution in [1.29, 1.82) is 0 Å². The standard InChI is InChI=1S/C13H17NO3/c1-13(2,12(15)16)14-8-9-3-4-11-10(7-9)5-6-17-11/h3-4,7,14H,5-6,8H2,1-2H3,(H,15,16). The van der Waals surface area contributed by atoms with E-state index < -0.39 is 11.5 Å². The molecule has 0 saturated heterocycles. The van der Waals surface area contributed by atoms with Crippen molar-refractivity contribution >= 4 is 5.97 Å². The molecule has 0 atom stereocenters. The summed E-state index contributed by atoms with van der Waals surface area (Å²) in [5.74, 6) is 0.105. The van der Waals surface area contributed by atoms with Gasteiger partial charge in [-0.25, -0.2) is 0 Å². The number of rotatable bonds is 4. The number of hydrogen-bond acceptors (Lipinski definition) is 3. The molecule has 17 heavy (non-hydrogen) atoms. The number of aliphatic carboxylic acids is 1. The van der Waals surface area contributed by atoms with Gasteiger partial charge in [-0.1, -0.05) is 12.1 Å². The van der Waals surface area contributed by atoms with E-state index in [-0.39, 0.29) is 0 Å². The molecule has 0 saturated carbocycles. The van der Waals surface area contributed by atoms with Gasteiger partial charge in [-0.15, -0.1) is 0 Å². The molecule has 1 aromatic carbocycles. The quantitative estimate of drug-likeness (QED) is 0.831. The van der Waals surface area contributed by atoms with Crippen molar-refractivity contribution in [2.45, 2.75) is 32.4 Å². The van der Waals surface area contributed by atoms with E-state index in [9.17, 15) is 4.79 Å². The first-order valence-electron chi connectivity index (χ1n) is 5.72. The molecule has 1 aromatic rings. The largest absolute Gasteiger partial charge is 0.493 e. The summed E-state index contributed by atoms with van der Waals surface area (Å²) in [4.78, 5) is 10.9. The SMILES string of the molecule is CC(C)(NCc1ccc2c(c1)CCO2)C(=O)O. The lowest BCUT2D eigenvalue weighted by molar-refractivity contribution is -0.143. The lowest BCUT2D eigenvalue weighted by Crippen LogP contribution is -2.46. The lowest BCUT2D eigenvalue weighted by Gasteiger charge is -2.21. The second kappa shape index (κ2) is 4.37. The Labute approximate surface area is 101 Å². The molecule has 4 heteroatoms. The molecule has 0 radical (unpaired) electrons. The molecule has 1 aliphatic rings. The number of ether oxygens (including phenoxy) is 1. The van der Waals surface area contributed by atoms with Crippen LogP contribution in [-0.4, -0.2) is 23.2 Å². The van der Waals surface area contributed by atoms with Crippen molar-refractivity contribution in [3.63, 3.8) is 0 Å². The Hall–Kier alpha value is -1.55. The van der Waals surface area contributed by atoms with Gasteiger partial charge < -0.3 is 9.84 Å². The van der Waals surface area contributed by atoms with E-state index in [1.807, 2.05) is 12.1 Å². The number of carboxylic acids is 1. The maximum absolute atomic E-state index is 10.9. The van der Waals surface area contributed by atoms with E-state index in [4.69, 9.17) is 9.84 Å². The Morgan fingerprint density at radius 3 is 3.00 bits per heavy atom. The van der Waals surface area contributed by atoms with Crippen molar-refractivity contribution in [2.24, 2.45) is 0 Å². The monoisotopic (exact) mass is 235 g/mol. The molecular weight excluding hydrogens is 218 g/mol. The van der Waals surface area contributed by atoms with E-state index in [0.717, 1.165) is 24.3 Å². The number of hydrogen-bond donors (Lipinski definition) is 2. The zero-order chi connectivity index (χ0) is 12.5. The Bertz CT molecular complexity index is 440. The van der Waals surface area contributed by atoms with Crippen LogP contribution in [0.1, 0.15) is 25.0 Å². The number of carbonyl (C=O) groups is 1. The second-order valence-corrected chi connectivity index (χ2v) is 4.82. The smallest absolute Gasteiger partial charge is 0.323 e. The molecule has 1 aliphatic heterocycles. The predicted molar refractivity (Wildman–Crippen MR) is 64.2 cm³/mol. The fourth-order valence-electron chi connectivity index (χ4n) is 1.75. The van der Waals surface area contributed by atoms with E-state index in [2.05, 4.69) is 11.4 Å². The van der Waals surface area contributed by atoms with Gasteiger partial charge >= 0.3 is 5.97 Å². The van der Waals surface area contributed by atoms with Gasteiger partial charge in [-0.2, -0.15) is 0 Å². The van der Waals surface area contributed by atoms with Crippen LogP contribution in [0.2, 0.25) is 0 Å². The minimum Gasteiger partial charge on any atom is -0.493 e. The lowest BCUT2D eigenvalue weighted by atomic mass is 10.0. The first-order chi connectivity index (χ1) is 7.99. The summed E-state index contributed by atoms with van der Waals surface area (Å²) >= 11 is 0. The van der Waals surface area contributed by atoms with Gasteiger partial charge in [0.05, 0.1) is 6.61 Å². The Morgan fingerprint density at radius 1 is 1.53 bits per heavy atom. The average Bonchev–Trinajstić information content (AvgIpc) is 2.73. The molecule has 0 unspecified atom stereocenters. The van der Waals surface area contributed by atoms with Crippen LogP contribution >= 0.6 is 0 Å². The fraction of sp³-hybridized carbons (Fsp3) is 0.462. The van der Waals surface area contributed by atoms with Gasteiger partial charge in [0, 0.05) is 13.0 Å². The van der Waals surface area contributed by atoms with Gasteiger partial charge in [-0.3, -0.25) is 10.1 Å². The molecule has 0 aliphatic carbocycles. The normalized spacial score (nSPS) is 14.2. The van der Waals surface area contributed by atoms with Crippen molar-refractivity contribution in [3.05, 3.63) is 29.3 Å².